The van der Waals surface area contributed by atoms with E-state index in [-0.39, 0.29) is 18.3 Å². The summed E-state index contributed by atoms with van der Waals surface area (Å²) >= 11 is 0. The Bertz CT molecular complexity index is 557. The number of likely N-dealkylation sites (tertiary alicyclic amines) is 1. The number of aromatic nitrogens is 1. The van der Waals surface area contributed by atoms with Gasteiger partial charge in [-0.3, -0.25) is 9.59 Å². The molecule has 20 heavy (non-hydrogen) atoms. The van der Waals surface area contributed by atoms with Gasteiger partial charge in [-0.15, -0.1) is 0 Å². The fourth-order valence-corrected chi connectivity index (χ4v) is 2.12. The Balaban J connectivity index is 1.92. The second kappa shape index (κ2) is 5.09. The molecule has 0 atom stereocenters. The third-order valence-corrected chi connectivity index (χ3v) is 3.20. The maximum absolute atomic E-state index is 12.1. The van der Waals surface area contributed by atoms with Crippen molar-refractivity contribution in [2.24, 2.45) is 0 Å². The monoisotopic (exact) mass is 280 g/mol. The van der Waals surface area contributed by atoms with Crippen LogP contribution in [0.5, 0.6) is 0 Å². The summed E-state index contributed by atoms with van der Waals surface area (Å²) in [5.74, 6) is -1.38. The van der Waals surface area contributed by atoms with Crippen LogP contribution in [0.2, 0.25) is 0 Å². The molecule has 0 saturated carbocycles. The minimum Gasteiger partial charge on any atom is -0.480 e. The first-order valence-corrected chi connectivity index (χ1v) is 6.15. The zero-order valence-electron chi connectivity index (χ0n) is 11.3. The summed E-state index contributed by atoms with van der Waals surface area (Å²) in [6.45, 7) is 3.46. The highest BCUT2D eigenvalue weighted by atomic mass is 16.5. The molecule has 1 aromatic heterocycles. The van der Waals surface area contributed by atoms with Crippen molar-refractivity contribution in [2.75, 3.05) is 19.7 Å². The van der Waals surface area contributed by atoms with Gasteiger partial charge in [0.15, 0.2) is 5.78 Å². The van der Waals surface area contributed by atoms with E-state index in [2.05, 4.69) is 4.98 Å². The van der Waals surface area contributed by atoms with Crippen LogP contribution in [0.3, 0.4) is 0 Å². The lowest BCUT2D eigenvalue weighted by Gasteiger charge is -2.47. The quantitative estimate of drug-likeness (QED) is 0.766. The number of hydrogen-bond donors (Lipinski definition) is 2. The van der Waals surface area contributed by atoms with Gasteiger partial charge in [0.1, 0.15) is 17.9 Å². The summed E-state index contributed by atoms with van der Waals surface area (Å²) in [6.07, 6.45) is 1.50. The van der Waals surface area contributed by atoms with Crippen LogP contribution in [0.15, 0.2) is 12.3 Å². The first-order chi connectivity index (χ1) is 9.31. The van der Waals surface area contributed by atoms with E-state index in [0.717, 1.165) is 0 Å². The topological polar surface area (TPSA) is 99.7 Å². The number of aromatic amines is 1. The molecule has 2 N–H and O–H groups in total. The Labute approximate surface area is 115 Å². The van der Waals surface area contributed by atoms with E-state index in [1.807, 2.05) is 0 Å². The Morgan fingerprint density at radius 3 is 2.60 bits per heavy atom. The van der Waals surface area contributed by atoms with Crippen LogP contribution in [0.4, 0.5) is 0 Å². The van der Waals surface area contributed by atoms with Crippen molar-refractivity contribution in [1.82, 2.24) is 9.88 Å². The van der Waals surface area contributed by atoms with Crippen LogP contribution >= 0.6 is 0 Å². The van der Waals surface area contributed by atoms with E-state index in [1.165, 1.54) is 24.1 Å². The van der Waals surface area contributed by atoms with E-state index in [1.54, 1.807) is 6.92 Å². The summed E-state index contributed by atoms with van der Waals surface area (Å²) in [4.78, 5) is 38.0. The van der Waals surface area contributed by atoms with Crippen LogP contribution in [0, 0.1) is 0 Å². The molecule has 2 rings (SSSR count). The van der Waals surface area contributed by atoms with Crippen LogP contribution in [0.1, 0.15) is 34.7 Å². The molecule has 0 bridgehead atoms. The number of ketones is 1. The number of hydrogen-bond acceptors (Lipinski definition) is 4. The van der Waals surface area contributed by atoms with E-state index in [9.17, 15) is 14.4 Å². The van der Waals surface area contributed by atoms with Gasteiger partial charge in [-0.1, -0.05) is 0 Å². The van der Waals surface area contributed by atoms with Gasteiger partial charge in [0.05, 0.1) is 13.1 Å². The molecule has 0 unspecified atom stereocenters. The normalized spacial score (nSPS) is 16.6. The molecule has 0 aromatic carbocycles. The zero-order chi connectivity index (χ0) is 14.9. The van der Waals surface area contributed by atoms with Crippen molar-refractivity contribution < 1.29 is 24.2 Å². The minimum atomic E-state index is -1.04. The number of ether oxygens (including phenoxy) is 1. The first-order valence-electron chi connectivity index (χ1n) is 6.15. The molecule has 1 aromatic rings. The van der Waals surface area contributed by atoms with Crippen molar-refractivity contribution in [3.05, 3.63) is 23.5 Å². The number of carboxylic acid groups (broad SMARTS) is 1. The lowest BCUT2D eigenvalue weighted by Crippen LogP contribution is -2.63. The Morgan fingerprint density at radius 1 is 1.45 bits per heavy atom. The number of rotatable bonds is 5. The van der Waals surface area contributed by atoms with Crippen LogP contribution in [-0.4, -0.2) is 57.9 Å². The zero-order valence-corrected chi connectivity index (χ0v) is 11.3. The van der Waals surface area contributed by atoms with Gasteiger partial charge < -0.3 is 19.7 Å². The van der Waals surface area contributed by atoms with E-state index in [4.69, 9.17) is 9.84 Å². The van der Waals surface area contributed by atoms with Gasteiger partial charge in [0.25, 0.3) is 5.91 Å². The second-order valence-corrected chi connectivity index (χ2v) is 5.15. The van der Waals surface area contributed by atoms with Gasteiger partial charge in [0.2, 0.25) is 0 Å². The molecule has 1 saturated heterocycles. The summed E-state index contributed by atoms with van der Waals surface area (Å²) in [7, 11) is 0. The number of amides is 1. The summed E-state index contributed by atoms with van der Waals surface area (Å²) in [5.41, 5.74) is 0.179. The molecule has 0 aliphatic carbocycles. The number of carbonyl (C=O) groups excluding carboxylic acids is 2. The average molecular weight is 280 g/mol. The second-order valence-electron chi connectivity index (χ2n) is 5.15. The number of carbonyl (C=O) groups is 3. The molecular weight excluding hydrogens is 264 g/mol. The molecule has 7 heteroatoms. The predicted molar refractivity (Wildman–Crippen MR) is 68.7 cm³/mol. The lowest BCUT2D eigenvalue weighted by molar-refractivity contribution is -0.159. The molecule has 1 aliphatic rings. The van der Waals surface area contributed by atoms with E-state index < -0.39 is 11.6 Å². The first kappa shape index (κ1) is 14.3. The average Bonchev–Trinajstić information content (AvgIpc) is 2.81. The fraction of sp³-hybridized carbons (Fsp3) is 0.462. The molecule has 2 heterocycles. The molecule has 1 fully saturated rings. The molecule has 108 valence electrons. The fourth-order valence-electron chi connectivity index (χ4n) is 2.12. The Morgan fingerprint density at radius 2 is 2.10 bits per heavy atom. The summed E-state index contributed by atoms with van der Waals surface area (Å²) < 4.78 is 5.23. The third-order valence-electron chi connectivity index (χ3n) is 3.20. The van der Waals surface area contributed by atoms with Gasteiger partial charge in [-0.2, -0.15) is 0 Å². The Hall–Kier alpha value is -2.15. The van der Waals surface area contributed by atoms with Crippen molar-refractivity contribution >= 4 is 17.7 Å². The summed E-state index contributed by atoms with van der Waals surface area (Å²) in [6, 6.07) is 1.51. The number of nitrogens with one attached hydrogen (secondary N) is 1. The SMILES string of the molecule is CC(=O)c1c[nH]c(C(=O)N2CC(C)(OCC(=O)O)C2)c1. The highest BCUT2D eigenvalue weighted by molar-refractivity contribution is 5.99. The Kier molecular flexibility index (Phi) is 3.63. The minimum absolute atomic E-state index is 0.112. The number of aliphatic carboxylic acids is 1. The molecule has 1 amide bonds. The number of nitrogens with zero attached hydrogens (tertiary/aromatic N) is 1. The van der Waals surface area contributed by atoms with Gasteiger partial charge in [-0.25, -0.2) is 4.79 Å². The maximum atomic E-state index is 12.1. The maximum Gasteiger partial charge on any atom is 0.329 e. The van der Waals surface area contributed by atoms with Crippen LogP contribution in [0.25, 0.3) is 0 Å². The predicted octanol–water partition coefficient (Wildman–Crippen LogP) is 0.533. The number of H-pyrrole nitrogens is 1. The van der Waals surface area contributed by atoms with Gasteiger partial charge in [-0.05, 0) is 19.9 Å². The molecule has 7 nitrogen and oxygen atoms in total. The molecular formula is C13H16N2O5. The van der Waals surface area contributed by atoms with Crippen LogP contribution in [-0.2, 0) is 9.53 Å². The highest BCUT2D eigenvalue weighted by Gasteiger charge is 2.43. The number of carboxylic acids is 1. The van der Waals surface area contributed by atoms with Gasteiger partial charge >= 0.3 is 5.97 Å². The lowest BCUT2D eigenvalue weighted by atomic mass is 9.96. The van der Waals surface area contributed by atoms with Crippen molar-refractivity contribution in [1.29, 1.82) is 0 Å². The van der Waals surface area contributed by atoms with Crippen LogP contribution < -0.4 is 0 Å². The van der Waals surface area contributed by atoms with Gasteiger partial charge in [0, 0.05) is 11.8 Å². The van der Waals surface area contributed by atoms with Crippen molar-refractivity contribution in [3.63, 3.8) is 0 Å². The molecule has 1 aliphatic heterocycles. The molecule has 0 radical (unpaired) electrons. The summed E-state index contributed by atoms with van der Waals surface area (Å²) in [5, 5.41) is 8.56. The standard InChI is InChI=1S/C13H16N2O5/c1-8(16)9-3-10(14-4-9)12(19)15-6-13(2,7-15)20-5-11(17)18/h3-4,14H,5-7H2,1-2H3,(H,17,18). The van der Waals surface area contributed by atoms with Crippen molar-refractivity contribution in [2.45, 2.75) is 19.4 Å². The highest BCUT2D eigenvalue weighted by Crippen LogP contribution is 2.26. The largest absolute Gasteiger partial charge is 0.480 e. The van der Waals surface area contributed by atoms with Crippen molar-refractivity contribution in [3.8, 4) is 0 Å². The smallest absolute Gasteiger partial charge is 0.329 e. The van der Waals surface area contributed by atoms with E-state index in [0.29, 0.717) is 24.3 Å². The third kappa shape index (κ3) is 2.88. The molecule has 0 spiro atoms. The number of Topliss-reactive ketones (excluding diaryl/α,β-unsaturated/α-hetero) is 1. The van der Waals surface area contributed by atoms with E-state index >= 15 is 0 Å².